The highest BCUT2D eigenvalue weighted by Crippen LogP contribution is 2.25. The van der Waals surface area contributed by atoms with Gasteiger partial charge in [-0.05, 0) is 48.9 Å². The summed E-state index contributed by atoms with van der Waals surface area (Å²) in [6, 6.07) is 13.7. The van der Waals surface area contributed by atoms with Gasteiger partial charge in [0.1, 0.15) is 17.4 Å². The molecule has 0 bridgehead atoms. The van der Waals surface area contributed by atoms with Crippen LogP contribution in [0.3, 0.4) is 0 Å². The molecule has 2 amide bonds. The molecule has 0 aliphatic heterocycles. The van der Waals surface area contributed by atoms with Gasteiger partial charge in [0.25, 0.3) is 11.8 Å². The molecule has 0 spiro atoms. The predicted octanol–water partition coefficient (Wildman–Crippen LogP) is 3.06. The maximum Gasteiger partial charge on any atom is 0.266 e. The number of anilines is 1. The summed E-state index contributed by atoms with van der Waals surface area (Å²) in [5.74, 6) is -0.934. The zero-order chi connectivity index (χ0) is 19.1. The summed E-state index contributed by atoms with van der Waals surface area (Å²) in [5.41, 5.74) is 6.87. The lowest BCUT2D eigenvalue weighted by atomic mass is 10.1. The molecule has 0 fully saturated rings. The summed E-state index contributed by atoms with van der Waals surface area (Å²) in [4.78, 5) is 23.3. The van der Waals surface area contributed by atoms with Gasteiger partial charge >= 0.3 is 0 Å². The Bertz CT molecular complexity index is 916. The maximum absolute atomic E-state index is 12.4. The number of carbonyl (C=O) groups is 2. The fourth-order valence-electron chi connectivity index (χ4n) is 2.14. The van der Waals surface area contributed by atoms with Crippen molar-refractivity contribution in [1.82, 2.24) is 0 Å². The summed E-state index contributed by atoms with van der Waals surface area (Å²) in [5, 5.41) is 12.4. The van der Waals surface area contributed by atoms with Crippen molar-refractivity contribution < 1.29 is 14.3 Å². The summed E-state index contributed by atoms with van der Waals surface area (Å²) < 4.78 is 5.29. The van der Waals surface area contributed by atoms with E-state index in [4.69, 9.17) is 22.1 Å². The first kappa shape index (κ1) is 19.0. The molecule has 7 heteroatoms. The zero-order valence-corrected chi connectivity index (χ0v) is 14.7. The van der Waals surface area contributed by atoms with Crippen LogP contribution in [0.4, 0.5) is 5.69 Å². The first-order valence-electron chi connectivity index (χ1n) is 7.59. The van der Waals surface area contributed by atoms with Crippen LogP contribution in [-0.4, -0.2) is 18.4 Å². The summed E-state index contributed by atoms with van der Waals surface area (Å²) >= 11 is 5.97. The van der Waals surface area contributed by atoms with Gasteiger partial charge in [-0.3, -0.25) is 9.59 Å². The average molecular weight is 370 g/mol. The third-order valence-corrected chi connectivity index (χ3v) is 3.52. The van der Waals surface area contributed by atoms with E-state index in [1.54, 1.807) is 24.3 Å². The molecule has 2 aromatic rings. The standard InChI is InChI=1S/C19H16ClN3O3/c1-12-3-2-4-16(7-12)23-19(25)14(10-21)8-13-9-15(20)5-6-17(13)26-11-18(22)24/h2-9H,11H2,1H3,(H2,22,24)(H,23,25)/b14-8+. The Morgan fingerprint density at radius 3 is 2.73 bits per heavy atom. The molecule has 3 N–H and O–H groups in total. The van der Waals surface area contributed by atoms with Gasteiger partial charge in [-0.15, -0.1) is 0 Å². The lowest BCUT2D eigenvalue weighted by Crippen LogP contribution is -2.20. The van der Waals surface area contributed by atoms with Crippen LogP contribution in [0.5, 0.6) is 5.75 Å². The Labute approximate surface area is 155 Å². The number of primary amides is 1. The number of nitrogens with zero attached hydrogens (tertiary/aromatic N) is 1. The molecule has 6 nitrogen and oxygen atoms in total. The fraction of sp³-hybridized carbons (Fsp3) is 0.105. The molecule has 0 saturated carbocycles. The van der Waals surface area contributed by atoms with Crippen LogP contribution in [-0.2, 0) is 9.59 Å². The van der Waals surface area contributed by atoms with E-state index in [1.807, 2.05) is 19.1 Å². The molecule has 0 atom stereocenters. The van der Waals surface area contributed by atoms with Crippen molar-refractivity contribution in [1.29, 1.82) is 5.26 Å². The third kappa shape index (κ3) is 5.36. The van der Waals surface area contributed by atoms with Crippen LogP contribution >= 0.6 is 11.6 Å². The predicted molar refractivity (Wildman–Crippen MR) is 99.5 cm³/mol. The summed E-state index contributed by atoms with van der Waals surface area (Å²) in [6.45, 7) is 1.56. The number of hydrogen-bond acceptors (Lipinski definition) is 4. The first-order chi connectivity index (χ1) is 12.4. The van der Waals surface area contributed by atoms with Crippen LogP contribution < -0.4 is 15.8 Å². The van der Waals surface area contributed by atoms with E-state index in [1.165, 1.54) is 18.2 Å². The molecule has 0 aliphatic carbocycles. The van der Waals surface area contributed by atoms with Gasteiger partial charge in [-0.1, -0.05) is 23.7 Å². The molecule has 2 aromatic carbocycles. The lowest BCUT2D eigenvalue weighted by Gasteiger charge is -2.09. The van der Waals surface area contributed by atoms with Gasteiger partial charge in [0.15, 0.2) is 6.61 Å². The molecule has 0 aliphatic rings. The van der Waals surface area contributed by atoms with Crippen LogP contribution in [0.25, 0.3) is 6.08 Å². The van der Waals surface area contributed by atoms with Crippen molar-refractivity contribution in [2.45, 2.75) is 6.92 Å². The van der Waals surface area contributed by atoms with Crippen molar-refractivity contribution in [3.05, 3.63) is 64.2 Å². The van der Waals surface area contributed by atoms with Gasteiger partial charge in [-0.25, -0.2) is 0 Å². The number of carbonyl (C=O) groups excluding carboxylic acids is 2. The van der Waals surface area contributed by atoms with Crippen molar-refractivity contribution in [2.24, 2.45) is 5.73 Å². The number of ether oxygens (including phenoxy) is 1. The first-order valence-corrected chi connectivity index (χ1v) is 7.97. The highest BCUT2D eigenvalue weighted by molar-refractivity contribution is 6.30. The number of benzene rings is 2. The number of nitrogens with two attached hydrogens (primary N) is 1. The number of nitrogens with one attached hydrogen (secondary N) is 1. The number of nitriles is 1. The van der Waals surface area contributed by atoms with Crippen molar-refractivity contribution in [3.8, 4) is 11.8 Å². The fourth-order valence-corrected chi connectivity index (χ4v) is 2.32. The quantitative estimate of drug-likeness (QED) is 0.603. The Hall–Kier alpha value is -3.30. The van der Waals surface area contributed by atoms with Crippen LogP contribution in [0.15, 0.2) is 48.0 Å². The molecule has 132 valence electrons. The molecule has 26 heavy (non-hydrogen) atoms. The van der Waals surface area contributed by atoms with Crippen molar-refractivity contribution in [2.75, 3.05) is 11.9 Å². The minimum Gasteiger partial charge on any atom is -0.483 e. The second-order valence-corrected chi connectivity index (χ2v) is 5.87. The van der Waals surface area contributed by atoms with Gasteiger partial charge in [0.05, 0.1) is 0 Å². The molecule has 0 heterocycles. The normalized spacial score (nSPS) is 10.7. The number of halogens is 1. The Balaban J connectivity index is 2.30. The summed E-state index contributed by atoms with van der Waals surface area (Å²) in [6.07, 6.45) is 1.34. The van der Waals surface area contributed by atoms with Crippen LogP contribution in [0, 0.1) is 18.3 Å². The number of aryl methyl sites for hydroxylation is 1. The minimum atomic E-state index is -0.646. The summed E-state index contributed by atoms with van der Waals surface area (Å²) in [7, 11) is 0. The number of amides is 2. The monoisotopic (exact) mass is 369 g/mol. The SMILES string of the molecule is Cc1cccc(NC(=O)/C(C#N)=C/c2cc(Cl)ccc2OCC(N)=O)c1. The molecule has 0 aromatic heterocycles. The molecule has 0 saturated heterocycles. The molecule has 0 unspecified atom stereocenters. The van der Waals surface area contributed by atoms with Gasteiger partial charge < -0.3 is 15.8 Å². The average Bonchev–Trinajstić information content (AvgIpc) is 2.58. The van der Waals surface area contributed by atoms with E-state index in [0.29, 0.717) is 16.3 Å². The van der Waals surface area contributed by atoms with E-state index < -0.39 is 11.8 Å². The second-order valence-electron chi connectivity index (χ2n) is 5.43. The van der Waals surface area contributed by atoms with E-state index in [9.17, 15) is 14.9 Å². The number of hydrogen-bond donors (Lipinski definition) is 2. The Morgan fingerprint density at radius 2 is 2.08 bits per heavy atom. The van der Waals surface area contributed by atoms with Gasteiger partial charge in [-0.2, -0.15) is 5.26 Å². The van der Waals surface area contributed by atoms with E-state index in [-0.39, 0.29) is 17.9 Å². The van der Waals surface area contributed by atoms with Crippen molar-refractivity contribution >= 4 is 35.2 Å². The highest BCUT2D eigenvalue weighted by Gasteiger charge is 2.12. The number of rotatable bonds is 6. The third-order valence-electron chi connectivity index (χ3n) is 3.28. The Morgan fingerprint density at radius 1 is 1.31 bits per heavy atom. The zero-order valence-electron chi connectivity index (χ0n) is 14.0. The van der Waals surface area contributed by atoms with Crippen LogP contribution in [0.1, 0.15) is 11.1 Å². The van der Waals surface area contributed by atoms with Gasteiger partial charge in [0.2, 0.25) is 0 Å². The molecular weight excluding hydrogens is 354 g/mol. The smallest absolute Gasteiger partial charge is 0.266 e. The van der Waals surface area contributed by atoms with Crippen molar-refractivity contribution in [3.63, 3.8) is 0 Å². The van der Waals surface area contributed by atoms with Crippen LogP contribution in [0.2, 0.25) is 5.02 Å². The molecule has 2 rings (SSSR count). The topological polar surface area (TPSA) is 105 Å². The Kier molecular flexibility index (Phi) is 6.36. The minimum absolute atomic E-state index is 0.141. The molecule has 0 radical (unpaired) electrons. The highest BCUT2D eigenvalue weighted by atomic mass is 35.5. The largest absolute Gasteiger partial charge is 0.483 e. The second kappa shape index (κ2) is 8.70. The van der Waals surface area contributed by atoms with E-state index in [2.05, 4.69) is 5.32 Å². The van der Waals surface area contributed by atoms with Gasteiger partial charge in [0, 0.05) is 16.3 Å². The lowest BCUT2D eigenvalue weighted by molar-refractivity contribution is -0.120. The van der Waals surface area contributed by atoms with E-state index >= 15 is 0 Å². The maximum atomic E-state index is 12.4. The van der Waals surface area contributed by atoms with E-state index in [0.717, 1.165) is 5.56 Å². The molecular formula is C19H16ClN3O3.